The fourth-order valence-corrected chi connectivity index (χ4v) is 1.84. The summed E-state index contributed by atoms with van der Waals surface area (Å²) < 4.78 is 24.8. The highest BCUT2D eigenvalue weighted by molar-refractivity contribution is 5.78. The first-order valence-corrected chi connectivity index (χ1v) is 6.26. The van der Waals surface area contributed by atoms with Crippen molar-refractivity contribution in [3.8, 4) is 0 Å². The molecular formula is C14H20F2N2O. The molecule has 0 spiro atoms. The number of aryl methyl sites for hydroxylation is 2. The second kappa shape index (κ2) is 7.19. The van der Waals surface area contributed by atoms with E-state index in [1.165, 1.54) is 0 Å². The lowest BCUT2D eigenvalue weighted by molar-refractivity contribution is -0.132. The van der Waals surface area contributed by atoms with Gasteiger partial charge in [-0.15, -0.1) is 0 Å². The summed E-state index contributed by atoms with van der Waals surface area (Å²) >= 11 is 0. The standard InChI is InChI=1S/C14H20F2N2O/c1-10-3-4-12(7-11(10)2)8-14(19)18(6-5-17)9-13(15)16/h3-4,7,13H,5-6,8-9,17H2,1-2H3. The Hall–Kier alpha value is -1.49. The SMILES string of the molecule is Cc1ccc(CC(=O)N(CCN)CC(F)F)cc1C. The zero-order valence-electron chi connectivity index (χ0n) is 11.3. The normalized spacial score (nSPS) is 10.8. The van der Waals surface area contributed by atoms with E-state index in [1.807, 2.05) is 32.0 Å². The van der Waals surface area contributed by atoms with Gasteiger partial charge in [-0.2, -0.15) is 0 Å². The third-order valence-corrected chi connectivity index (χ3v) is 3.04. The zero-order chi connectivity index (χ0) is 14.4. The van der Waals surface area contributed by atoms with Crippen molar-refractivity contribution in [3.05, 3.63) is 34.9 Å². The highest BCUT2D eigenvalue weighted by atomic mass is 19.3. The van der Waals surface area contributed by atoms with Gasteiger partial charge in [0.15, 0.2) is 0 Å². The Morgan fingerprint density at radius 2 is 2.00 bits per heavy atom. The van der Waals surface area contributed by atoms with Crippen molar-refractivity contribution in [3.63, 3.8) is 0 Å². The first-order chi connectivity index (χ1) is 8.93. The second-order valence-corrected chi connectivity index (χ2v) is 4.61. The Balaban J connectivity index is 2.72. The average Bonchev–Trinajstić information content (AvgIpc) is 2.33. The van der Waals surface area contributed by atoms with Crippen molar-refractivity contribution in [2.45, 2.75) is 26.7 Å². The van der Waals surface area contributed by atoms with Crippen LogP contribution in [-0.4, -0.2) is 36.9 Å². The summed E-state index contributed by atoms with van der Waals surface area (Å²) in [5.41, 5.74) is 8.41. The lowest BCUT2D eigenvalue weighted by atomic mass is 10.0. The smallest absolute Gasteiger partial charge is 0.255 e. The van der Waals surface area contributed by atoms with Crippen LogP contribution in [-0.2, 0) is 11.2 Å². The topological polar surface area (TPSA) is 46.3 Å². The molecule has 0 aliphatic carbocycles. The third-order valence-electron chi connectivity index (χ3n) is 3.04. The number of nitrogens with zero attached hydrogens (tertiary/aromatic N) is 1. The summed E-state index contributed by atoms with van der Waals surface area (Å²) in [6.45, 7) is 3.73. The number of carbonyl (C=O) groups is 1. The number of nitrogens with two attached hydrogens (primary N) is 1. The number of alkyl halides is 2. The predicted molar refractivity (Wildman–Crippen MR) is 71.3 cm³/mol. The molecule has 0 aromatic heterocycles. The Morgan fingerprint density at radius 1 is 1.32 bits per heavy atom. The van der Waals surface area contributed by atoms with Crippen LogP contribution in [0.4, 0.5) is 8.78 Å². The van der Waals surface area contributed by atoms with Gasteiger partial charge in [0.2, 0.25) is 5.91 Å². The van der Waals surface area contributed by atoms with E-state index in [0.29, 0.717) is 0 Å². The van der Waals surface area contributed by atoms with E-state index in [1.54, 1.807) is 0 Å². The van der Waals surface area contributed by atoms with Crippen molar-refractivity contribution in [2.75, 3.05) is 19.6 Å². The molecule has 5 heteroatoms. The monoisotopic (exact) mass is 270 g/mol. The third kappa shape index (κ3) is 4.95. The molecule has 1 aromatic carbocycles. The summed E-state index contributed by atoms with van der Waals surface area (Å²) in [5.74, 6) is -0.311. The summed E-state index contributed by atoms with van der Waals surface area (Å²) in [6.07, 6.45) is -2.40. The van der Waals surface area contributed by atoms with Gasteiger partial charge in [-0.05, 0) is 30.5 Å². The van der Waals surface area contributed by atoms with Gasteiger partial charge in [0, 0.05) is 13.1 Å². The largest absolute Gasteiger partial charge is 0.335 e. The number of rotatable bonds is 6. The molecule has 0 aliphatic heterocycles. The van der Waals surface area contributed by atoms with Crippen LogP contribution >= 0.6 is 0 Å². The van der Waals surface area contributed by atoms with E-state index in [2.05, 4.69) is 0 Å². The van der Waals surface area contributed by atoms with E-state index < -0.39 is 13.0 Å². The Bertz CT molecular complexity index is 435. The minimum atomic E-state index is -2.53. The molecule has 19 heavy (non-hydrogen) atoms. The molecule has 106 valence electrons. The van der Waals surface area contributed by atoms with E-state index in [4.69, 9.17) is 5.73 Å². The molecule has 1 amide bonds. The first kappa shape index (κ1) is 15.6. The van der Waals surface area contributed by atoms with Crippen molar-refractivity contribution < 1.29 is 13.6 Å². The van der Waals surface area contributed by atoms with Crippen LogP contribution in [0.15, 0.2) is 18.2 Å². The summed E-state index contributed by atoms with van der Waals surface area (Å²) in [7, 11) is 0. The Kier molecular flexibility index (Phi) is 5.89. The van der Waals surface area contributed by atoms with E-state index in [-0.39, 0.29) is 25.4 Å². The quantitative estimate of drug-likeness (QED) is 0.858. The van der Waals surface area contributed by atoms with Gasteiger partial charge in [0.05, 0.1) is 13.0 Å². The Morgan fingerprint density at radius 3 is 2.53 bits per heavy atom. The highest BCUT2D eigenvalue weighted by Crippen LogP contribution is 2.11. The van der Waals surface area contributed by atoms with Crippen LogP contribution in [0.5, 0.6) is 0 Å². The molecule has 0 aliphatic rings. The van der Waals surface area contributed by atoms with Crippen LogP contribution in [0.3, 0.4) is 0 Å². The molecule has 0 radical (unpaired) electrons. The lowest BCUT2D eigenvalue weighted by Crippen LogP contribution is -2.39. The van der Waals surface area contributed by atoms with Crippen LogP contribution in [0.2, 0.25) is 0 Å². The summed E-state index contributed by atoms with van der Waals surface area (Å²) in [6, 6.07) is 5.69. The second-order valence-electron chi connectivity index (χ2n) is 4.61. The maximum absolute atomic E-state index is 12.4. The number of hydrogen-bond acceptors (Lipinski definition) is 2. The van der Waals surface area contributed by atoms with Gasteiger partial charge < -0.3 is 10.6 Å². The molecule has 1 aromatic rings. The van der Waals surface area contributed by atoms with Gasteiger partial charge >= 0.3 is 0 Å². The highest BCUT2D eigenvalue weighted by Gasteiger charge is 2.17. The number of hydrogen-bond donors (Lipinski definition) is 1. The Labute approximate surface area is 112 Å². The minimum Gasteiger partial charge on any atom is -0.335 e. The zero-order valence-corrected chi connectivity index (χ0v) is 11.3. The van der Waals surface area contributed by atoms with Crippen molar-refractivity contribution in [1.82, 2.24) is 4.90 Å². The predicted octanol–water partition coefficient (Wildman–Crippen LogP) is 1.90. The summed E-state index contributed by atoms with van der Waals surface area (Å²) in [5, 5.41) is 0. The number of benzene rings is 1. The maximum Gasteiger partial charge on any atom is 0.255 e. The van der Waals surface area contributed by atoms with E-state index in [9.17, 15) is 13.6 Å². The molecule has 0 bridgehead atoms. The van der Waals surface area contributed by atoms with Crippen molar-refractivity contribution >= 4 is 5.91 Å². The van der Waals surface area contributed by atoms with Gasteiger partial charge in [0.1, 0.15) is 0 Å². The molecule has 0 atom stereocenters. The average molecular weight is 270 g/mol. The van der Waals surface area contributed by atoms with Crippen LogP contribution in [0.25, 0.3) is 0 Å². The number of carbonyl (C=O) groups excluding carboxylic acids is 1. The molecule has 0 saturated heterocycles. The van der Waals surface area contributed by atoms with Gasteiger partial charge in [-0.1, -0.05) is 18.2 Å². The fourth-order valence-electron chi connectivity index (χ4n) is 1.84. The molecule has 3 nitrogen and oxygen atoms in total. The van der Waals surface area contributed by atoms with E-state index >= 15 is 0 Å². The molecule has 0 saturated carbocycles. The molecule has 0 heterocycles. The van der Waals surface area contributed by atoms with Crippen LogP contribution in [0.1, 0.15) is 16.7 Å². The van der Waals surface area contributed by atoms with Crippen LogP contribution < -0.4 is 5.73 Å². The molecule has 2 N–H and O–H groups in total. The number of halogens is 2. The van der Waals surface area contributed by atoms with Crippen LogP contribution in [0, 0.1) is 13.8 Å². The van der Waals surface area contributed by atoms with Gasteiger partial charge in [0.25, 0.3) is 6.43 Å². The molecule has 0 fully saturated rings. The molecule has 0 unspecified atom stereocenters. The summed E-state index contributed by atoms with van der Waals surface area (Å²) in [4.78, 5) is 13.1. The lowest BCUT2D eigenvalue weighted by Gasteiger charge is -2.21. The first-order valence-electron chi connectivity index (χ1n) is 6.26. The van der Waals surface area contributed by atoms with Gasteiger partial charge in [-0.3, -0.25) is 4.79 Å². The molecular weight excluding hydrogens is 250 g/mol. The number of amides is 1. The minimum absolute atomic E-state index is 0.133. The van der Waals surface area contributed by atoms with Crippen molar-refractivity contribution in [1.29, 1.82) is 0 Å². The van der Waals surface area contributed by atoms with Crippen molar-refractivity contribution in [2.24, 2.45) is 5.73 Å². The maximum atomic E-state index is 12.4. The van der Waals surface area contributed by atoms with E-state index in [0.717, 1.165) is 21.6 Å². The van der Waals surface area contributed by atoms with Gasteiger partial charge in [-0.25, -0.2) is 8.78 Å². The fraction of sp³-hybridized carbons (Fsp3) is 0.500. The molecule has 1 rings (SSSR count).